The molecule has 0 fully saturated rings. The fraction of sp³-hybridized carbons (Fsp3) is 0.294. The van der Waals surface area contributed by atoms with Gasteiger partial charge in [0.15, 0.2) is 0 Å². The largest absolute Gasteiger partial charge is 0.392 e. The average molecular weight is 288 g/mol. The fourth-order valence-electron chi connectivity index (χ4n) is 2.98. The highest BCUT2D eigenvalue weighted by atomic mass is 35.5. The highest BCUT2D eigenvalue weighted by molar-refractivity contribution is 6.31. The number of aliphatic hydroxyl groups excluding tert-OH is 1. The molecular weight excluding hydrogens is 270 g/mol. The number of hydrogen-bond acceptors (Lipinski definition) is 2. The summed E-state index contributed by atoms with van der Waals surface area (Å²) in [4.78, 5) is 2.28. The summed E-state index contributed by atoms with van der Waals surface area (Å²) < 4.78 is 0. The van der Waals surface area contributed by atoms with Gasteiger partial charge < -0.3 is 10.0 Å². The van der Waals surface area contributed by atoms with E-state index >= 15 is 0 Å². The summed E-state index contributed by atoms with van der Waals surface area (Å²) >= 11 is 6.23. The van der Waals surface area contributed by atoms with E-state index in [4.69, 9.17) is 11.6 Å². The molecule has 2 aromatic rings. The molecule has 0 radical (unpaired) electrons. The minimum Gasteiger partial charge on any atom is -0.392 e. The lowest BCUT2D eigenvalue weighted by molar-refractivity contribution is 0.282. The molecule has 1 N–H and O–H groups in total. The predicted octanol–water partition coefficient (Wildman–Crippen LogP) is 4.16. The molecular formula is C17H18ClNO. The van der Waals surface area contributed by atoms with Crippen LogP contribution < -0.4 is 4.90 Å². The number of para-hydroxylation sites is 1. The maximum Gasteiger partial charge on any atom is 0.0716 e. The third-order valence-corrected chi connectivity index (χ3v) is 4.24. The van der Waals surface area contributed by atoms with Crippen LogP contribution in [0.15, 0.2) is 42.5 Å². The molecule has 0 saturated heterocycles. The SMILES string of the molecule is CC1Cc2ccccc2N(c2cccc(Cl)c2CO)C1. The molecule has 0 saturated carbocycles. The number of benzene rings is 2. The molecule has 3 rings (SSSR count). The van der Waals surface area contributed by atoms with E-state index in [1.165, 1.54) is 11.3 Å². The first-order valence-electron chi connectivity index (χ1n) is 6.94. The number of halogens is 1. The molecule has 0 aromatic heterocycles. The second-order valence-corrected chi connectivity index (χ2v) is 5.85. The zero-order valence-electron chi connectivity index (χ0n) is 11.5. The van der Waals surface area contributed by atoms with E-state index in [-0.39, 0.29) is 6.61 Å². The van der Waals surface area contributed by atoms with Crippen molar-refractivity contribution in [1.82, 2.24) is 0 Å². The Morgan fingerprint density at radius 1 is 1.15 bits per heavy atom. The summed E-state index contributed by atoms with van der Waals surface area (Å²) in [5.41, 5.74) is 4.40. The van der Waals surface area contributed by atoms with Gasteiger partial charge in [0.1, 0.15) is 0 Å². The van der Waals surface area contributed by atoms with E-state index in [1.807, 2.05) is 18.2 Å². The number of anilines is 2. The van der Waals surface area contributed by atoms with Gasteiger partial charge in [0, 0.05) is 28.5 Å². The van der Waals surface area contributed by atoms with Gasteiger partial charge in [-0.05, 0) is 36.1 Å². The Morgan fingerprint density at radius 3 is 2.70 bits per heavy atom. The third kappa shape index (κ3) is 2.30. The van der Waals surface area contributed by atoms with Gasteiger partial charge >= 0.3 is 0 Å². The van der Waals surface area contributed by atoms with Crippen LogP contribution in [0.1, 0.15) is 18.1 Å². The minimum absolute atomic E-state index is 0.0396. The normalized spacial score (nSPS) is 17.9. The molecule has 1 heterocycles. The summed E-state index contributed by atoms with van der Waals surface area (Å²) in [5.74, 6) is 0.579. The second kappa shape index (κ2) is 5.47. The Bertz CT molecular complexity index is 626. The van der Waals surface area contributed by atoms with Crippen molar-refractivity contribution in [1.29, 1.82) is 0 Å². The number of hydrogen-bond donors (Lipinski definition) is 1. The lowest BCUT2D eigenvalue weighted by Crippen LogP contribution is -2.31. The average Bonchev–Trinajstić information content (AvgIpc) is 2.46. The van der Waals surface area contributed by atoms with Crippen molar-refractivity contribution >= 4 is 23.0 Å². The monoisotopic (exact) mass is 287 g/mol. The Labute approximate surface area is 124 Å². The van der Waals surface area contributed by atoms with E-state index in [0.717, 1.165) is 24.2 Å². The Kier molecular flexibility index (Phi) is 3.68. The van der Waals surface area contributed by atoms with Gasteiger partial charge in [0.05, 0.1) is 6.61 Å². The van der Waals surface area contributed by atoms with Gasteiger partial charge in [-0.25, -0.2) is 0 Å². The van der Waals surface area contributed by atoms with Crippen LogP contribution in [0.5, 0.6) is 0 Å². The maximum absolute atomic E-state index is 9.63. The lowest BCUT2D eigenvalue weighted by Gasteiger charge is -2.36. The number of aliphatic hydroxyl groups is 1. The van der Waals surface area contributed by atoms with Crippen LogP contribution in [-0.4, -0.2) is 11.7 Å². The van der Waals surface area contributed by atoms with Gasteiger partial charge in [-0.2, -0.15) is 0 Å². The number of nitrogens with zero attached hydrogens (tertiary/aromatic N) is 1. The first-order valence-corrected chi connectivity index (χ1v) is 7.32. The zero-order valence-corrected chi connectivity index (χ0v) is 12.3. The smallest absolute Gasteiger partial charge is 0.0716 e. The van der Waals surface area contributed by atoms with E-state index < -0.39 is 0 Å². The van der Waals surface area contributed by atoms with Crippen molar-refractivity contribution in [3.63, 3.8) is 0 Å². The zero-order chi connectivity index (χ0) is 14.1. The first kappa shape index (κ1) is 13.5. The molecule has 0 aliphatic carbocycles. The van der Waals surface area contributed by atoms with Crippen molar-refractivity contribution in [2.24, 2.45) is 5.92 Å². The molecule has 3 heteroatoms. The Balaban J connectivity index is 2.13. The standard InChI is InChI=1S/C17H18ClNO/c1-12-9-13-5-2-3-7-16(13)19(10-12)17-8-4-6-15(18)14(17)11-20/h2-8,12,20H,9-11H2,1H3. The van der Waals surface area contributed by atoms with Crippen molar-refractivity contribution in [3.8, 4) is 0 Å². The molecule has 0 spiro atoms. The highest BCUT2D eigenvalue weighted by Crippen LogP contribution is 2.38. The van der Waals surface area contributed by atoms with Crippen LogP contribution in [0.2, 0.25) is 5.02 Å². The van der Waals surface area contributed by atoms with Gasteiger partial charge in [-0.1, -0.05) is 42.8 Å². The summed E-state index contributed by atoms with van der Waals surface area (Å²) in [7, 11) is 0. The molecule has 1 unspecified atom stereocenters. The number of rotatable bonds is 2. The molecule has 2 nitrogen and oxygen atoms in total. The highest BCUT2D eigenvalue weighted by Gasteiger charge is 2.24. The lowest BCUT2D eigenvalue weighted by atomic mass is 9.93. The summed E-state index contributed by atoms with van der Waals surface area (Å²) in [6.07, 6.45) is 1.10. The molecule has 1 aliphatic heterocycles. The summed E-state index contributed by atoms with van der Waals surface area (Å²) in [6.45, 7) is 3.17. The molecule has 1 aliphatic rings. The second-order valence-electron chi connectivity index (χ2n) is 5.44. The van der Waals surface area contributed by atoms with Crippen LogP contribution in [0.3, 0.4) is 0 Å². The van der Waals surface area contributed by atoms with Crippen molar-refractivity contribution in [2.45, 2.75) is 20.0 Å². The maximum atomic E-state index is 9.63. The third-order valence-electron chi connectivity index (χ3n) is 3.89. The van der Waals surface area contributed by atoms with Crippen molar-refractivity contribution in [2.75, 3.05) is 11.4 Å². The Morgan fingerprint density at radius 2 is 1.90 bits per heavy atom. The van der Waals surface area contributed by atoms with Crippen LogP contribution >= 0.6 is 11.6 Å². The van der Waals surface area contributed by atoms with E-state index in [9.17, 15) is 5.11 Å². The molecule has 1 atom stereocenters. The quantitative estimate of drug-likeness (QED) is 0.896. The molecule has 0 bridgehead atoms. The fourth-order valence-corrected chi connectivity index (χ4v) is 3.21. The molecule has 104 valence electrons. The summed E-state index contributed by atoms with van der Waals surface area (Å²) in [5, 5.41) is 10.3. The van der Waals surface area contributed by atoms with Gasteiger partial charge in [-0.15, -0.1) is 0 Å². The van der Waals surface area contributed by atoms with Gasteiger partial charge in [0.25, 0.3) is 0 Å². The predicted molar refractivity (Wildman–Crippen MR) is 83.7 cm³/mol. The first-order chi connectivity index (χ1) is 9.70. The van der Waals surface area contributed by atoms with Crippen LogP contribution in [0.25, 0.3) is 0 Å². The van der Waals surface area contributed by atoms with Crippen LogP contribution in [-0.2, 0) is 13.0 Å². The molecule has 0 amide bonds. The van der Waals surface area contributed by atoms with E-state index in [2.05, 4.69) is 36.1 Å². The van der Waals surface area contributed by atoms with Crippen LogP contribution in [0.4, 0.5) is 11.4 Å². The molecule has 2 aromatic carbocycles. The van der Waals surface area contributed by atoms with Crippen molar-refractivity contribution in [3.05, 3.63) is 58.6 Å². The summed E-state index contributed by atoms with van der Waals surface area (Å²) in [6, 6.07) is 14.3. The topological polar surface area (TPSA) is 23.5 Å². The Hall–Kier alpha value is -1.51. The minimum atomic E-state index is -0.0396. The van der Waals surface area contributed by atoms with Crippen molar-refractivity contribution < 1.29 is 5.11 Å². The molecule has 20 heavy (non-hydrogen) atoms. The number of fused-ring (bicyclic) bond motifs is 1. The van der Waals surface area contributed by atoms with Gasteiger partial charge in [-0.3, -0.25) is 0 Å². The van der Waals surface area contributed by atoms with Gasteiger partial charge in [0.2, 0.25) is 0 Å². The van der Waals surface area contributed by atoms with E-state index in [0.29, 0.717) is 10.9 Å². The van der Waals surface area contributed by atoms with E-state index in [1.54, 1.807) is 0 Å². The van der Waals surface area contributed by atoms with Crippen LogP contribution in [0, 0.1) is 5.92 Å².